The van der Waals surface area contributed by atoms with Crippen molar-refractivity contribution in [3.05, 3.63) is 41.2 Å². The fraction of sp³-hybridized carbons (Fsp3) is 0.500. The molecule has 2 aromatic rings. The van der Waals surface area contributed by atoms with Gasteiger partial charge < -0.3 is 25.0 Å². The molecule has 1 fully saturated rings. The van der Waals surface area contributed by atoms with Crippen LogP contribution in [0.3, 0.4) is 0 Å². The largest absolute Gasteiger partial charge is 0.493 e. The van der Waals surface area contributed by atoms with Gasteiger partial charge in [0, 0.05) is 25.7 Å². The second kappa shape index (κ2) is 9.36. The Balaban J connectivity index is 1.47. The topological polar surface area (TPSA) is 115 Å². The monoisotopic (exact) mass is 469 g/mol. The maximum absolute atomic E-state index is 13.1. The third kappa shape index (κ3) is 4.32. The summed E-state index contributed by atoms with van der Waals surface area (Å²) in [6, 6.07) is 6.99. The van der Waals surface area contributed by atoms with E-state index in [9.17, 15) is 14.4 Å². The molecule has 1 aliphatic carbocycles. The van der Waals surface area contributed by atoms with E-state index in [2.05, 4.69) is 15.7 Å². The average Bonchev–Trinajstić information content (AvgIpc) is 3.50. The first-order valence-electron chi connectivity index (χ1n) is 11.4. The number of benzene rings is 1. The molecule has 0 radical (unpaired) electrons. The lowest BCUT2D eigenvalue weighted by molar-refractivity contribution is -0.133. The van der Waals surface area contributed by atoms with Crippen molar-refractivity contribution in [3.8, 4) is 11.5 Å². The molecule has 10 nitrogen and oxygen atoms in total. The molecule has 0 saturated heterocycles. The van der Waals surface area contributed by atoms with Crippen LogP contribution in [-0.4, -0.2) is 65.2 Å². The molecule has 0 unspecified atom stereocenters. The van der Waals surface area contributed by atoms with E-state index in [0.29, 0.717) is 11.5 Å². The highest BCUT2D eigenvalue weighted by Gasteiger charge is 2.46. The van der Waals surface area contributed by atoms with Crippen LogP contribution < -0.4 is 20.1 Å². The number of carbonyl (C=O) groups is 3. The number of rotatable bonds is 7. The average molecular weight is 470 g/mol. The van der Waals surface area contributed by atoms with Gasteiger partial charge in [-0.05, 0) is 37.5 Å². The molecule has 4 rings (SSSR count). The summed E-state index contributed by atoms with van der Waals surface area (Å²) in [5, 5.41) is 10.3. The van der Waals surface area contributed by atoms with E-state index in [1.807, 2.05) is 6.07 Å². The zero-order chi connectivity index (χ0) is 24.5. The van der Waals surface area contributed by atoms with Gasteiger partial charge in [0.2, 0.25) is 5.91 Å². The van der Waals surface area contributed by atoms with Gasteiger partial charge in [0.05, 0.1) is 20.8 Å². The molecule has 1 aliphatic heterocycles. The fourth-order valence-electron chi connectivity index (χ4n) is 4.51. The highest BCUT2D eigenvalue weighted by atomic mass is 16.5. The summed E-state index contributed by atoms with van der Waals surface area (Å²) in [7, 11) is 4.72. The predicted octanol–water partition coefficient (Wildman–Crippen LogP) is 1.73. The van der Waals surface area contributed by atoms with Gasteiger partial charge in [-0.1, -0.05) is 18.9 Å². The van der Waals surface area contributed by atoms with E-state index < -0.39 is 11.4 Å². The molecule has 10 heteroatoms. The van der Waals surface area contributed by atoms with Crippen molar-refractivity contribution in [2.45, 2.75) is 57.3 Å². The molecule has 1 aromatic heterocycles. The van der Waals surface area contributed by atoms with Gasteiger partial charge in [-0.25, -0.2) is 0 Å². The minimum absolute atomic E-state index is 0.123. The quantitative estimate of drug-likeness (QED) is 0.638. The van der Waals surface area contributed by atoms with E-state index in [-0.39, 0.29) is 42.3 Å². The first-order valence-corrected chi connectivity index (χ1v) is 11.4. The summed E-state index contributed by atoms with van der Waals surface area (Å²) in [5.74, 6) is 0.208. The van der Waals surface area contributed by atoms with Crippen LogP contribution in [0.1, 0.15) is 59.1 Å². The van der Waals surface area contributed by atoms with Crippen molar-refractivity contribution in [2.24, 2.45) is 0 Å². The Hall–Kier alpha value is -3.56. The maximum Gasteiger partial charge on any atom is 0.272 e. The Kier molecular flexibility index (Phi) is 6.49. The molecule has 0 spiro atoms. The molecule has 1 saturated carbocycles. The highest BCUT2D eigenvalue weighted by Crippen LogP contribution is 2.29. The van der Waals surface area contributed by atoms with Crippen LogP contribution in [-0.2, 0) is 17.9 Å². The normalized spacial score (nSPS) is 20.1. The molecule has 182 valence electrons. The number of methoxy groups -OCH3 is 2. The van der Waals surface area contributed by atoms with Crippen molar-refractivity contribution in [1.29, 1.82) is 0 Å². The third-order valence-corrected chi connectivity index (χ3v) is 6.81. The van der Waals surface area contributed by atoms with Crippen LogP contribution in [0.4, 0.5) is 0 Å². The first-order chi connectivity index (χ1) is 16.3. The number of fused-ring (bicyclic) bond motifs is 1. The minimum Gasteiger partial charge on any atom is -0.493 e. The molecule has 2 N–H and O–H groups in total. The Morgan fingerprint density at radius 1 is 1.15 bits per heavy atom. The molecular formula is C24H31N5O5. The number of ether oxygens (including phenoxy) is 2. The van der Waals surface area contributed by atoms with Crippen LogP contribution in [0.5, 0.6) is 11.5 Å². The van der Waals surface area contributed by atoms with Crippen LogP contribution in [0.2, 0.25) is 0 Å². The van der Waals surface area contributed by atoms with Gasteiger partial charge in [-0.3, -0.25) is 19.1 Å². The van der Waals surface area contributed by atoms with Crippen molar-refractivity contribution in [2.75, 3.05) is 21.3 Å². The van der Waals surface area contributed by atoms with Crippen molar-refractivity contribution < 1.29 is 23.9 Å². The van der Waals surface area contributed by atoms with Crippen molar-refractivity contribution in [1.82, 2.24) is 25.3 Å². The second-order valence-corrected chi connectivity index (χ2v) is 9.04. The number of hydrogen-bond donors (Lipinski definition) is 2. The maximum atomic E-state index is 13.1. The predicted molar refractivity (Wildman–Crippen MR) is 124 cm³/mol. The molecule has 2 aliphatic rings. The summed E-state index contributed by atoms with van der Waals surface area (Å²) in [6.07, 6.45) is 4.11. The van der Waals surface area contributed by atoms with Gasteiger partial charge in [-0.2, -0.15) is 5.10 Å². The lowest BCUT2D eigenvalue weighted by atomic mass is 9.95. The number of amides is 3. The number of aromatic nitrogens is 2. The van der Waals surface area contributed by atoms with Crippen LogP contribution in [0, 0.1) is 0 Å². The zero-order valence-corrected chi connectivity index (χ0v) is 20.0. The Morgan fingerprint density at radius 3 is 2.53 bits per heavy atom. The molecule has 3 amide bonds. The lowest BCUT2D eigenvalue weighted by Gasteiger charge is -2.41. The summed E-state index contributed by atoms with van der Waals surface area (Å²) >= 11 is 0. The smallest absolute Gasteiger partial charge is 0.272 e. The van der Waals surface area contributed by atoms with E-state index in [1.54, 1.807) is 40.3 Å². The Labute approximate surface area is 198 Å². The fourth-order valence-corrected chi connectivity index (χ4v) is 4.51. The summed E-state index contributed by atoms with van der Waals surface area (Å²) in [6.45, 7) is 2.15. The number of carbonyl (C=O) groups excluding carboxylic acids is 3. The van der Waals surface area contributed by atoms with Crippen LogP contribution in [0.15, 0.2) is 24.3 Å². The summed E-state index contributed by atoms with van der Waals surface area (Å²) in [5.41, 5.74) is 0.135. The van der Waals surface area contributed by atoms with Crippen LogP contribution >= 0.6 is 0 Å². The number of likely N-dealkylation sites (N-methyl/N-ethyl adjacent to an activating group) is 1. The number of hydrogen-bond acceptors (Lipinski definition) is 6. The standard InChI is InChI=1S/C24H31N5O5/c1-24(23(32)26-16-7-5-6-8-16)14-29-18(22(31)28(24)2)12-17(27-29)21(30)25-13-15-9-10-19(33-3)20(11-15)34-4/h9-12,16H,5-8,13-14H2,1-4H3,(H,25,30)(H,26,32)/t24-/m1/s1. The van der Waals surface area contributed by atoms with Crippen molar-refractivity contribution >= 4 is 17.7 Å². The lowest BCUT2D eigenvalue weighted by Crippen LogP contribution is -2.63. The van der Waals surface area contributed by atoms with E-state index in [4.69, 9.17) is 9.47 Å². The third-order valence-electron chi connectivity index (χ3n) is 6.81. The molecule has 1 aromatic carbocycles. The molecule has 2 heterocycles. The molecule has 34 heavy (non-hydrogen) atoms. The van der Waals surface area contributed by atoms with E-state index in [1.165, 1.54) is 15.6 Å². The Bertz CT molecular complexity index is 1110. The summed E-state index contributed by atoms with van der Waals surface area (Å²) in [4.78, 5) is 40.4. The zero-order valence-electron chi connectivity index (χ0n) is 20.0. The number of nitrogens with one attached hydrogen (secondary N) is 2. The molecular weight excluding hydrogens is 438 g/mol. The number of nitrogens with zero attached hydrogens (tertiary/aromatic N) is 3. The second-order valence-electron chi connectivity index (χ2n) is 9.04. The molecule has 0 bridgehead atoms. The SMILES string of the molecule is COc1ccc(CNC(=O)c2cc3n(n2)C[C@](C)(C(=O)NC2CCCC2)N(C)C3=O)cc1OC. The van der Waals surface area contributed by atoms with Gasteiger partial charge in [0.1, 0.15) is 11.2 Å². The highest BCUT2D eigenvalue weighted by molar-refractivity contribution is 6.01. The summed E-state index contributed by atoms with van der Waals surface area (Å²) < 4.78 is 12.0. The van der Waals surface area contributed by atoms with Gasteiger partial charge >= 0.3 is 0 Å². The van der Waals surface area contributed by atoms with Crippen LogP contribution in [0.25, 0.3) is 0 Å². The van der Waals surface area contributed by atoms with Gasteiger partial charge in [0.25, 0.3) is 11.8 Å². The van der Waals surface area contributed by atoms with E-state index in [0.717, 1.165) is 31.2 Å². The minimum atomic E-state index is -1.09. The molecule has 1 atom stereocenters. The van der Waals surface area contributed by atoms with Crippen molar-refractivity contribution in [3.63, 3.8) is 0 Å². The van der Waals surface area contributed by atoms with Gasteiger partial charge in [0.15, 0.2) is 17.2 Å². The Morgan fingerprint density at radius 2 is 1.85 bits per heavy atom. The first kappa shape index (κ1) is 23.6. The van der Waals surface area contributed by atoms with Gasteiger partial charge in [-0.15, -0.1) is 0 Å². The van der Waals surface area contributed by atoms with E-state index >= 15 is 0 Å².